The number of methoxy groups -OCH3 is 1. The summed E-state index contributed by atoms with van der Waals surface area (Å²) >= 11 is 0. The maximum atomic E-state index is 13.5. The third-order valence-electron chi connectivity index (χ3n) is 6.65. The Hall–Kier alpha value is -3.61. The second kappa shape index (κ2) is 11.7. The lowest BCUT2D eigenvalue weighted by Gasteiger charge is -2.41. The van der Waals surface area contributed by atoms with E-state index in [0.717, 1.165) is 29.5 Å². The number of hydrogen-bond donors (Lipinski definition) is 1. The van der Waals surface area contributed by atoms with Crippen LogP contribution in [-0.4, -0.2) is 40.1 Å². The summed E-state index contributed by atoms with van der Waals surface area (Å²) in [6.07, 6.45) is 6.50. The lowest BCUT2D eigenvalue weighted by Crippen LogP contribution is -2.48. The minimum absolute atomic E-state index is 0.0319. The molecule has 7 nitrogen and oxygen atoms in total. The molecule has 2 aromatic carbocycles. The smallest absolute Gasteiger partial charge is 0.225 e. The zero-order valence-electron chi connectivity index (χ0n) is 20.5. The minimum atomic E-state index is -0.338. The Balaban J connectivity index is 1.48. The van der Waals surface area contributed by atoms with Crippen LogP contribution in [0.25, 0.3) is 0 Å². The van der Waals surface area contributed by atoms with E-state index in [0.29, 0.717) is 38.2 Å². The van der Waals surface area contributed by atoms with Gasteiger partial charge < -0.3 is 15.0 Å². The predicted octanol–water partition coefficient (Wildman–Crippen LogP) is 4.34. The molecule has 0 saturated carbocycles. The number of ether oxygens (including phenoxy) is 1. The molecule has 184 valence electrons. The molecule has 1 saturated heterocycles. The van der Waals surface area contributed by atoms with Crippen molar-refractivity contribution in [2.45, 2.75) is 51.7 Å². The first-order chi connectivity index (χ1) is 17.1. The molecule has 0 bridgehead atoms. The molecule has 0 aliphatic carbocycles. The maximum Gasteiger partial charge on any atom is 0.225 e. The van der Waals surface area contributed by atoms with Gasteiger partial charge >= 0.3 is 0 Å². The van der Waals surface area contributed by atoms with E-state index in [1.54, 1.807) is 13.3 Å². The molecular weight excluding hydrogens is 440 g/mol. The van der Waals surface area contributed by atoms with Gasteiger partial charge in [-0.3, -0.25) is 14.3 Å². The van der Waals surface area contributed by atoms with E-state index in [1.165, 1.54) is 0 Å². The Morgan fingerprint density at radius 3 is 2.60 bits per heavy atom. The zero-order chi connectivity index (χ0) is 24.6. The highest BCUT2D eigenvalue weighted by atomic mass is 16.5. The first kappa shape index (κ1) is 24.5. The van der Waals surface area contributed by atoms with Crippen LogP contribution in [0.3, 0.4) is 0 Å². The number of carbonyl (C=O) groups excluding carboxylic acids is 2. The quantitative estimate of drug-likeness (QED) is 0.474. The molecule has 0 spiro atoms. The van der Waals surface area contributed by atoms with Crippen molar-refractivity contribution in [2.24, 2.45) is 5.92 Å². The molecule has 1 aliphatic rings. The van der Waals surface area contributed by atoms with Crippen LogP contribution in [0.4, 0.5) is 0 Å². The van der Waals surface area contributed by atoms with Crippen molar-refractivity contribution in [3.63, 3.8) is 0 Å². The van der Waals surface area contributed by atoms with E-state index in [9.17, 15) is 9.59 Å². The van der Waals surface area contributed by atoms with Crippen LogP contribution >= 0.6 is 0 Å². The lowest BCUT2D eigenvalue weighted by molar-refractivity contribution is -0.143. The molecule has 2 amide bonds. The van der Waals surface area contributed by atoms with Gasteiger partial charge in [0.05, 0.1) is 25.6 Å². The van der Waals surface area contributed by atoms with E-state index >= 15 is 0 Å². The van der Waals surface area contributed by atoms with Crippen LogP contribution in [0.15, 0.2) is 67.0 Å². The number of carbonyl (C=O) groups is 2. The molecule has 2 unspecified atom stereocenters. The predicted molar refractivity (Wildman–Crippen MR) is 135 cm³/mol. The van der Waals surface area contributed by atoms with Gasteiger partial charge in [0.2, 0.25) is 11.8 Å². The first-order valence-corrected chi connectivity index (χ1v) is 12.4. The maximum absolute atomic E-state index is 13.5. The monoisotopic (exact) mass is 474 g/mol. The van der Waals surface area contributed by atoms with Crippen molar-refractivity contribution in [3.05, 3.63) is 83.7 Å². The number of nitrogens with one attached hydrogen (secondary N) is 1. The van der Waals surface area contributed by atoms with E-state index < -0.39 is 0 Å². The summed E-state index contributed by atoms with van der Waals surface area (Å²) in [5.41, 5.74) is 3.07. The minimum Gasteiger partial charge on any atom is -0.496 e. The molecule has 1 aromatic heterocycles. The fourth-order valence-corrected chi connectivity index (χ4v) is 4.78. The Bertz CT molecular complexity index is 1110. The van der Waals surface area contributed by atoms with Gasteiger partial charge in [0.25, 0.3) is 0 Å². The topological polar surface area (TPSA) is 76.5 Å². The summed E-state index contributed by atoms with van der Waals surface area (Å²) in [7, 11) is 1.63. The van der Waals surface area contributed by atoms with Gasteiger partial charge in [0, 0.05) is 37.5 Å². The van der Waals surface area contributed by atoms with E-state index in [-0.39, 0.29) is 23.8 Å². The SMILES string of the molecule is CCCCN1C(=O)CCC(C(=O)NCc2ccc(Cn3cccn3)cc2)C1c1ccccc1OC. The molecule has 2 atom stereocenters. The van der Waals surface area contributed by atoms with Gasteiger partial charge in [0.1, 0.15) is 5.75 Å². The third kappa shape index (κ3) is 5.91. The number of unbranched alkanes of at least 4 members (excludes halogenated alkanes) is 1. The van der Waals surface area contributed by atoms with Crippen molar-refractivity contribution in [2.75, 3.05) is 13.7 Å². The van der Waals surface area contributed by atoms with Crippen LogP contribution in [0.2, 0.25) is 0 Å². The van der Waals surface area contributed by atoms with E-state index in [2.05, 4.69) is 29.5 Å². The number of aromatic nitrogens is 2. The van der Waals surface area contributed by atoms with Gasteiger partial charge in [0.15, 0.2) is 0 Å². The largest absolute Gasteiger partial charge is 0.496 e. The molecule has 7 heteroatoms. The number of amides is 2. The van der Waals surface area contributed by atoms with Crippen LogP contribution in [0.1, 0.15) is 55.3 Å². The molecule has 1 fully saturated rings. The van der Waals surface area contributed by atoms with Gasteiger partial charge in [-0.2, -0.15) is 5.10 Å². The highest BCUT2D eigenvalue weighted by Crippen LogP contribution is 2.40. The summed E-state index contributed by atoms with van der Waals surface area (Å²) < 4.78 is 7.50. The average molecular weight is 475 g/mol. The lowest BCUT2D eigenvalue weighted by atomic mass is 9.83. The number of para-hydroxylation sites is 1. The van der Waals surface area contributed by atoms with Gasteiger partial charge in [-0.1, -0.05) is 55.8 Å². The summed E-state index contributed by atoms with van der Waals surface area (Å²) in [5.74, 6) is 0.445. The summed E-state index contributed by atoms with van der Waals surface area (Å²) in [6.45, 7) is 3.90. The normalized spacial score (nSPS) is 17.9. The van der Waals surface area contributed by atoms with E-state index in [1.807, 2.05) is 58.2 Å². The standard InChI is InChI=1S/C28H34N4O3/c1-3-4-18-32-26(33)15-14-24(27(32)23-8-5-6-9-25(23)35-2)28(34)29-19-21-10-12-22(13-11-21)20-31-17-7-16-30-31/h5-13,16-17,24,27H,3-4,14-15,18-20H2,1-2H3,(H,29,34). The van der Waals surface area contributed by atoms with Gasteiger partial charge in [-0.15, -0.1) is 0 Å². The average Bonchev–Trinajstić information content (AvgIpc) is 3.40. The second-order valence-corrected chi connectivity index (χ2v) is 9.01. The highest BCUT2D eigenvalue weighted by Gasteiger charge is 2.41. The van der Waals surface area contributed by atoms with Crippen LogP contribution in [-0.2, 0) is 22.7 Å². The molecular formula is C28H34N4O3. The molecule has 3 aromatic rings. The highest BCUT2D eigenvalue weighted by molar-refractivity contribution is 5.85. The summed E-state index contributed by atoms with van der Waals surface area (Å²) in [4.78, 5) is 28.3. The van der Waals surface area contributed by atoms with E-state index in [4.69, 9.17) is 4.74 Å². The number of hydrogen-bond acceptors (Lipinski definition) is 4. The van der Waals surface area contributed by atoms with Crippen molar-refractivity contribution in [1.29, 1.82) is 0 Å². The molecule has 35 heavy (non-hydrogen) atoms. The Morgan fingerprint density at radius 2 is 1.89 bits per heavy atom. The third-order valence-corrected chi connectivity index (χ3v) is 6.65. The van der Waals surface area contributed by atoms with Crippen molar-refractivity contribution < 1.29 is 14.3 Å². The van der Waals surface area contributed by atoms with Gasteiger partial charge in [-0.05, 0) is 36.1 Å². The van der Waals surface area contributed by atoms with Crippen LogP contribution < -0.4 is 10.1 Å². The number of likely N-dealkylation sites (tertiary alicyclic amines) is 1. The van der Waals surface area contributed by atoms with Crippen LogP contribution in [0.5, 0.6) is 5.75 Å². The van der Waals surface area contributed by atoms with Crippen molar-refractivity contribution in [3.8, 4) is 5.75 Å². The molecule has 1 N–H and O–H groups in total. The van der Waals surface area contributed by atoms with Crippen molar-refractivity contribution >= 4 is 11.8 Å². The summed E-state index contributed by atoms with van der Waals surface area (Å²) in [6, 6.07) is 17.5. The number of nitrogens with zero attached hydrogens (tertiary/aromatic N) is 3. The Morgan fingerprint density at radius 1 is 1.11 bits per heavy atom. The van der Waals surface area contributed by atoms with Crippen LogP contribution in [0, 0.1) is 5.92 Å². The fraction of sp³-hybridized carbons (Fsp3) is 0.393. The fourth-order valence-electron chi connectivity index (χ4n) is 4.78. The Kier molecular flexibility index (Phi) is 8.19. The zero-order valence-corrected chi connectivity index (χ0v) is 20.5. The number of rotatable bonds is 10. The molecule has 0 radical (unpaired) electrons. The first-order valence-electron chi connectivity index (χ1n) is 12.4. The summed E-state index contributed by atoms with van der Waals surface area (Å²) in [5, 5.41) is 7.37. The molecule has 4 rings (SSSR count). The second-order valence-electron chi connectivity index (χ2n) is 9.01. The van der Waals surface area contributed by atoms with Gasteiger partial charge in [-0.25, -0.2) is 0 Å². The Labute approximate surface area is 207 Å². The molecule has 1 aliphatic heterocycles. The number of piperidine rings is 1. The molecule has 2 heterocycles. The number of benzene rings is 2. The van der Waals surface area contributed by atoms with Crippen molar-refractivity contribution in [1.82, 2.24) is 20.0 Å².